The lowest BCUT2D eigenvalue weighted by Gasteiger charge is -2.25. The Kier molecular flexibility index (Phi) is 5.89. The first-order valence-corrected chi connectivity index (χ1v) is 7.66. The molecule has 2 amide bonds. The van der Waals surface area contributed by atoms with Gasteiger partial charge < -0.3 is 19.4 Å². The fraction of sp³-hybridized carbons (Fsp3) is 0.312. The number of nitrogens with zero attached hydrogens (tertiary/aromatic N) is 3. The Morgan fingerprint density at radius 1 is 1.35 bits per heavy atom. The highest BCUT2D eigenvalue weighted by molar-refractivity contribution is 5.89. The van der Waals surface area contributed by atoms with Crippen molar-refractivity contribution >= 4 is 23.4 Å². The molecule has 0 fully saturated rings. The van der Waals surface area contributed by atoms with E-state index in [2.05, 4.69) is 15.0 Å². The third kappa shape index (κ3) is 4.56. The number of hydrogen-bond acceptors (Lipinski definition) is 7. The summed E-state index contributed by atoms with van der Waals surface area (Å²) in [6, 6.07) is 4.84. The summed E-state index contributed by atoms with van der Waals surface area (Å²) in [7, 11) is 1.23. The van der Waals surface area contributed by atoms with Gasteiger partial charge >= 0.3 is 12.0 Å². The second-order valence-corrected chi connectivity index (χ2v) is 5.57. The van der Waals surface area contributed by atoms with Crippen molar-refractivity contribution in [2.24, 2.45) is 0 Å². The summed E-state index contributed by atoms with van der Waals surface area (Å²) in [6.45, 7) is 3.65. The van der Waals surface area contributed by atoms with Crippen LogP contribution in [0.25, 0.3) is 0 Å². The summed E-state index contributed by atoms with van der Waals surface area (Å²) < 4.78 is 9.75. The second-order valence-electron chi connectivity index (χ2n) is 5.57. The highest BCUT2D eigenvalue weighted by atomic mass is 16.6. The van der Waals surface area contributed by atoms with Gasteiger partial charge in [0.05, 0.1) is 18.6 Å². The van der Waals surface area contributed by atoms with Crippen LogP contribution in [0, 0.1) is 10.1 Å². The van der Waals surface area contributed by atoms with Crippen molar-refractivity contribution in [2.45, 2.75) is 26.4 Å². The molecule has 10 nitrogen and oxygen atoms in total. The number of amides is 2. The van der Waals surface area contributed by atoms with E-state index in [0.717, 1.165) is 6.26 Å². The van der Waals surface area contributed by atoms with E-state index in [9.17, 15) is 19.7 Å². The number of aromatic nitrogens is 1. The van der Waals surface area contributed by atoms with Crippen molar-refractivity contribution < 1.29 is 23.7 Å². The molecule has 2 aromatic rings. The van der Waals surface area contributed by atoms with Crippen LogP contribution in [0.15, 0.2) is 34.9 Å². The number of urea groups is 1. The number of oxazole rings is 1. The zero-order valence-electron chi connectivity index (χ0n) is 14.5. The van der Waals surface area contributed by atoms with Crippen molar-refractivity contribution in [3.8, 4) is 0 Å². The van der Waals surface area contributed by atoms with E-state index in [0.29, 0.717) is 5.69 Å². The van der Waals surface area contributed by atoms with Gasteiger partial charge in [0.2, 0.25) is 5.89 Å². The van der Waals surface area contributed by atoms with Crippen molar-refractivity contribution in [1.29, 1.82) is 0 Å². The number of anilines is 1. The van der Waals surface area contributed by atoms with E-state index in [4.69, 9.17) is 4.42 Å². The SMILES string of the molecule is COC(=O)c1coc(CN(C(=O)Nc2ccc([N+](=O)[O-])cc2)C(C)C)n1. The second kappa shape index (κ2) is 8.10. The number of ether oxygens (including phenoxy) is 1. The number of rotatable bonds is 6. The molecule has 0 aliphatic heterocycles. The van der Waals surface area contributed by atoms with E-state index < -0.39 is 16.9 Å². The van der Waals surface area contributed by atoms with Crippen LogP contribution in [0.1, 0.15) is 30.2 Å². The minimum atomic E-state index is -0.633. The number of benzene rings is 1. The summed E-state index contributed by atoms with van der Waals surface area (Å²) in [5.41, 5.74) is 0.356. The van der Waals surface area contributed by atoms with Gasteiger partial charge in [-0.05, 0) is 26.0 Å². The number of hydrogen-bond donors (Lipinski definition) is 1. The molecule has 1 aromatic carbocycles. The highest BCUT2D eigenvalue weighted by Crippen LogP contribution is 2.17. The maximum Gasteiger partial charge on any atom is 0.360 e. The molecule has 0 atom stereocenters. The number of esters is 1. The molecular weight excluding hydrogens is 344 g/mol. The maximum absolute atomic E-state index is 12.5. The van der Waals surface area contributed by atoms with E-state index in [-0.39, 0.29) is 29.9 Å². The number of carbonyl (C=O) groups excluding carboxylic acids is 2. The van der Waals surface area contributed by atoms with Gasteiger partial charge in [-0.25, -0.2) is 14.6 Å². The molecular formula is C16H18N4O6. The van der Waals surface area contributed by atoms with E-state index >= 15 is 0 Å². The lowest BCUT2D eigenvalue weighted by molar-refractivity contribution is -0.384. The van der Waals surface area contributed by atoms with Gasteiger partial charge in [0.1, 0.15) is 6.26 Å². The minimum absolute atomic E-state index is 0.0157. The summed E-state index contributed by atoms with van der Waals surface area (Å²) in [4.78, 5) is 39.5. The number of methoxy groups -OCH3 is 1. The van der Waals surface area contributed by atoms with Gasteiger partial charge in [-0.15, -0.1) is 0 Å². The van der Waals surface area contributed by atoms with Crippen LogP contribution in [0.2, 0.25) is 0 Å². The first kappa shape index (κ1) is 18.9. The van der Waals surface area contributed by atoms with Crippen molar-refractivity contribution in [3.63, 3.8) is 0 Å². The van der Waals surface area contributed by atoms with Gasteiger partial charge in [-0.3, -0.25) is 10.1 Å². The molecule has 0 aliphatic carbocycles. The van der Waals surface area contributed by atoms with Gasteiger partial charge in [0.25, 0.3) is 5.69 Å². The summed E-state index contributed by atoms with van der Waals surface area (Å²) in [5.74, 6) is -0.454. The summed E-state index contributed by atoms with van der Waals surface area (Å²) >= 11 is 0. The zero-order valence-corrected chi connectivity index (χ0v) is 14.5. The van der Waals surface area contributed by atoms with E-state index in [1.807, 2.05) is 0 Å². The molecule has 0 radical (unpaired) electrons. The van der Waals surface area contributed by atoms with Crippen LogP contribution >= 0.6 is 0 Å². The highest BCUT2D eigenvalue weighted by Gasteiger charge is 2.21. The molecule has 26 heavy (non-hydrogen) atoms. The number of nitro benzene ring substituents is 1. The fourth-order valence-electron chi connectivity index (χ4n) is 2.08. The maximum atomic E-state index is 12.5. The molecule has 0 aliphatic rings. The lowest BCUT2D eigenvalue weighted by Crippen LogP contribution is -2.39. The molecule has 1 heterocycles. The molecule has 0 saturated heterocycles. The van der Waals surface area contributed by atoms with Crippen molar-refractivity contribution in [2.75, 3.05) is 12.4 Å². The van der Waals surface area contributed by atoms with Crippen LogP contribution in [0.4, 0.5) is 16.2 Å². The van der Waals surface area contributed by atoms with Crippen LogP contribution in [-0.2, 0) is 11.3 Å². The first-order valence-electron chi connectivity index (χ1n) is 7.66. The third-order valence-electron chi connectivity index (χ3n) is 3.47. The van der Waals surface area contributed by atoms with Crippen LogP contribution < -0.4 is 5.32 Å². The molecule has 0 saturated carbocycles. The Morgan fingerprint density at radius 2 is 2.00 bits per heavy atom. The summed E-state index contributed by atoms with van der Waals surface area (Å²) in [5, 5.41) is 13.3. The number of non-ortho nitro benzene ring substituents is 1. The Bertz CT molecular complexity index is 799. The standard InChI is InChI=1S/C16H18N4O6/c1-10(2)19(8-14-18-13(9-26-14)15(21)25-3)16(22)17-11-4-6-12(7-5-11)20(23)24/h4-7,9-10H,8H2,1-3H3,(H,17,22). The van der Waals surface area contributed by atoms with Crippen molar-refractivity contribution in [1.82, 2.24) is 9.88 Å². The molecule has 1 N–H and O–H groups in total. The number of nitrogens with one attached hydrogen (secondary N) is 1. The molecule has 0 unspecified atom stereocenters. The largest absolute Gasteiger partial charge is 0.464 e. The molecule has 2 rings (SSSR count). The van der Waals surface area contributed by atoms with Crippen LogP contribution in [0.3, 0.4) is 0 Å². The smallest absolute Gasteiger partial charge is 0.360 e. The molecule has 138 valence electrons. The van der Waals surface area contributed by atoms with Crippen LogP contribution in [-0.4, -0.2) is 40.0 Å². The number of carbonyl (C=O) groups is 2. The zero-order chi connectivity index (χ0) is 19.3. The first-order chi connectivity index (χ1) is 12.3. The van der Waals surface area contributed by atoms with E-state index in [1.165, 1.54) is 36.3 Å². The minimum Gasteiger partial charge on any atom is -0.464 e. The van der Waals surface area contributed by atoms with E-state index in [1.54, 1.807) is 13.8 Å². The predicted molar refractivity (Wildman–Crippen MR) is 90.6 cm³/mol. The Labute approximate surface area is 148 Å². The Morgan fingerprint density at radius 3 is 2.54 bits per heavy atom. The summed E-state index contributed by atoms with van der Waals surface area (Å²) in [6.07, 6.45) is 1.16. The van der Waals surface area contributed by atoms with Gasteiger partial charge in [-0.1, -0.05) is 0 Å². The predicted octanol–water partition coefficient (Wildman–Crippen LogP) is 2.81. The monoisotopic (exact) mass is 362 g/mol. The third-order valence-corrected chi connectivity index (χ3v) is 3.47. The molecule has 10 heteroatoms. The molecule has 0 spiro atoms. The Balaban J connectivity index is 2.08. The van der Waals surface area contributed by atoms with Gasteiger partial charge in [-0.2, -0.15) is 0 Å². The molecule has 0 bridgehead atoms. The van der Waals surface area contributed by atoms with Crippen molar-refractivity contribution in [3.05, 3.63) is 52.2 Å². The average Bonchev–Trinajstić information content (AvgIpc) is 3.07. The molecule has 1 aromatic heterocycles. The van der Waals surface area contributed by atoms with Gasteiger partial charge in [0.15, 0.2) is 5.69 Å². The number of nitro groups is 1. The normalized spacial score (nSPS) is 10.5. The average molecular weight is 362 g/mol. The quantitative estimate of drug-likeness (QED) is 0.475. The fourth-order valence-corrected chi connectivity index (χ4v) is 2.08. The van der Waals surface area contributed by atoms with Crippen LogP contribution in [0.5, 0.6) is 0 Å². The Hall–Kier alpha value is -3.43. The lowest BCUT2D eigenvalue weighted by atomic mass is 10.3. The topological polar surface area (TPSA) is 128 Å². The van der Waals surface area contributed by atoms with Gasteiger partial charge in [0, 0.05) is 23.9 Å².